The van der Waals surface area contributed by atoms with Crippen LogP contribution in [0.1, 0.15) is 44.6 Å². The summed E-state index contributed by atoms with van der Waals surface area (Å²) in [6, 6.07) is 12.8. The first-order valence-corrected chi connectivity index (χ1v) is 11.8. The number of fused-ring (bicyclic) bond motifs is 1. The van der Waals surface area contributed by atoms with Crippen molar-refractivity contribution in [2.75, 3.05) is 7.05 Å². The number of H-pyrrole nitrogens is 1. The summed E-state index contributed by atoms with van der Waals surface area (Å²) in [5.41, 5.74) is 0.376. The van der Waals surface area contributed by atoms with Crippen LogP contribution in [0.3, 0.4) is 0 Å². The molecule has 2 aromatic rings. The van der Waals surface area contributed by atoms with Crippen LogP contribution < -0.4 is 11.2 Å². The van der Waals surface area contributed by atoms with Gasteiger partial charge in [0.1, 0.15) is 6.54 Å². The Balaban J connectivity index is 1.51. The standard InChI is InChI=1S/C25H32N4O3/c1-25-15-19-18(14-17-8-4-3-5-9-17)27(2)20(25)10-6-7-11-21(25)29(19)23(31)16-28-13-12-22(30)26-24(28)32/h3-5,8-9,12-13,18-21H,6-7,10-11,14-16H2,1-2H3,(H,26,30,32)/t18-,19+,20-,21+,25-/m1/s1. The van der Waals surface area contributed by atoms with Crippen molar-refractivity contribution >= 4 is 5.91 Å². The van der Waals surface area contributed by atoms with Gasteiger partial charge in [-0.25, -0.2) is 4.79 Å². The van der Waals surface area contributed by atoms with E-state index in [1.54, 1.807) is 0 Å². The lowest BCUT2D eigenvalue weighted by Gasteiger charge is -2.49. The third-order valence-corrected chi connectivity index (χ3v) is 8.31. The van der Waals surface area contributed by atoms with Gasteiger partial charge in [-0.3, -0.25) is 24.0 Å². The summed E-state index contributed by atoms with van der Waals surface area (Å²) >= 11 is 0. The number of amides is 1. The third-order valence-electron chi connectivity index (χ3n) is 8.31. The van der Waals surface area contributed by atoms with Crippen molar-refractivity contribution in [2.24, 2.45) is 5.41 Å². The molecular weight excluding hydrogens is 404 g/mol. The summed E-state index contributed by atoms with van der Waals surface area (Å²) < 4.78 is 1.32. The van der Waals surface area contributed by atoms with Gasteiger partial charge in [-0.1, -0.05) is 50.1 Å². The second kappa shape index (κ2) is 8.03. The Hall–Kier alpha value is -2.67. The predicted molar refractivity (Wildman–Crippen MR) is 122 cm³/mol. The minimum Gasteiger partial charge on any atom is -0.333 e. The number of hydrogen-bond donors (Lipinski definition) is 1. The lowest BCUT2D eigenvalue weighted by molar-refractivity contribution is -0.136. The highest BCUT2D eigenvalue weighted by Crippen LogP contribution is 2.55. The summed E-state index contributed by atoms with van der Waals surface area (Å²) in [4.78, 5) is 44.3. The number of carbonyl (C=O) groups excluding carboxylic acids is 1. The number of likely N-dealkylation sites (tertiary alicyclic amines) is 2. The molecule has 2 saturated heterocycles. The van der Waals surface area contributed by atoms with Gasteiger partial charge in [-0.2, -0.15) is 0 Å². The first kappa shape index (κ1) is 21.2. The van der Waals surface area contributed by atoms with E-state index in [4.69, 9.17) is 0 Å². The molecule has 3 aliphatic rings. The molecule has 5 rings (SSSR count). The Labute approximate surface area is 188 Å². The minimum absolute atomic E-state index is 0.0214. The molecule has 7 nitrogen and oxygen atoms in total. The molecule has 0 spiro atoms. The van der Waals surface area contributed by atoms with Crippen LogP contribution in [0.25, 0.3) is 0 Å². The van der Waals surface area contributed by atoms with E-state index in [-0.39, 0.29) is 36.0 Å². The van der Waals surface area contributed by atoms with Gasteiger partial charge in [0.15, 0.2) is 0 Å². The van der Waals surface area contributed by atoms with Gasteiger partial charge in [0.05, 0.1) is 0 Å². The van der Waals surface area contributed by atoms with Crippen molar-refractivity contribution in [1.82, 2.24) is 19.4 Å². The van der Waals surface area contributed by atoms with Crippen LogP contribution in [0.4, 0.5) is 0 Å². The fraction of sp³-hybridized carbons (Fsp3) is 0.560. The van der Waals surface area contributed by atoms with Crippen molar-refractivity contribution in [3.05, 3.63) is 69.0 Å². The molecule has 3 fully saturated rings. The van der Waals surface area contributed by atoms with Crippen molar-refractivity contribution in [2.45, 2.75) is 76.2 Å². The fourth-order valence-corrected chi connectivity index (χ4v) is 6.85. The highest BCUT2D eigenvalue weighted by molar-refractivity contribution is 5.77. The van der Waals surface area contributed by atoms with Gasteiger partial charge in [0.25, 0.3) is 5.56 Å². The van der Waals surface area contributed by atoms with Gasteiger partial charge in [-0.05, 0) is 38.3 Å². The summed E-state index contributed by atoms with van der Waals surface area (Å²) in [7, 11) is 2.24. The molecule has 1 aromatic heterocycles. The number of nitrogens with zero attached hydrogens (tertiary/aromatic N) is 3. The number of benzene rings is 1. The quantitative estimate of drug-likeness (QED) is 0.795. The molecule has 1 aromatic carbocycles. The zero-order chi connectivity index (χ0) is 22.5. The van der Waals surface area contributed by atoms with Gasteiger partial charge in [0.2, 0.25) is 5.91 Å². The minimum atomic E-state index is -0.532. The number of hydrogen-bond acceptors (Lipinski definition) is 4. The van der Waals surface area contributed by atoms with Gasteiger partial charge >= 0.3 is 5.69 Å². The lowest BCUT2D eigenvalue weighted by Crippen LogP contribution is -2.58. The normalized spacial score (nSPS) is 32.0. The Morgan fingerprint density at radius 1 is 1.09 bits per heavy atom. The number of piperidine rings is 1. The topological polar surface area (TPSA) is 78.4 Å². The van der Waals surface area contributed by atoms with Crippen LogP contribution in [-0.2, 0) is 17.8 Å². The molecule has 5 atom stereocenters. The van der Waals surface area contributed by atoms with Gasteiger partial charge < -0.3 is 4.90 Å². The molecule has 170 valence electrons. The van der Waals surface area contributed by atoms with Crippen molar-refractivity contribution < 1.29 is 4.79 Å². The average molecular weight is 437 g/mol. The van der Waals surface area contributed by atoms with Crippen LogP contribution in [0.2, 0.25) is 0 Å². The number of aromatic nitrogens is 2. The lowest BCUT2D eigenvalue weighted by atomic mass is 9.69. The number of likely N-dealkylation sites (N-methyl/N-ethyl adjacent to an activating group) is 1. The first-order chi connectivity index (χ1) is 15.4. The maximum Gasteiger partial charge on any atom is 0.328 e. The van der Waals surface area contributed by atoms with E-state index in [2.05, 4.69) is 53.0 Å². The molecule has 32 heavy (non-hydrogen) atoms. The molecule has 1 N–H and O–H groups in total. The van der Waals surface area contributed by atoms with E-state index in [9.17, 15) is 14.4 Å². The first-order valence-electron chi connectivity index (χ1n) is 11.8. The smallest absolute Gasteiger partial charge is 0.328 e. The van der Waals surface area contributed by atoms with Crippen LogP contribution in [0.15, 0.2) is 52.2 Å². The number of rotatable bonds is 4. The molecule has 0 unspecified atom stereocenters. The maximum atomic E-state index is 13.7. The van der Waals surface area contributed by atoms with E-state index in [1.165, 1.54) is 35.2 Å². The highest BCUT2D eigenvalue weighted by atomic mass is 16.2. The van der Waals surface area contributed by atoms with Crippen molar-refractivity contribution in [3.63, 3.8) is 0 Å². The zero-order valence-electron chi connectivity index (χ0n) is 18.9. The Bertz CT molecular complexity index is 1110. The molecule has 1 amide bonds. The highest BCUT2D eigenvalue weighted by Gasteiger charge is 2.61. The van der Waals surface area contributed by atoms with Crippen LogP contribution in [-0.4, -0.2) is 56.5 Å². The number of nitrogens with one attached hydrogen (secondary N) is 1. The van der Waals surface area contributed by atoms with Crippen molar-refractivity contribution in [1.29, 1.82) is 0 Å². The second-order valence-electron chi connectivity index (χ2n) is 10.1. The number of carbonyl (C=O) groups is 1. The molecule has 7 heteroatoms. The SMILES string of the molecule is CN1[C@H](Cc2ccccc2)[C@@H]2C[C@@]3(C)[C@H](CCCC[C@@H]13)N2C(=O)Cn1ccc(=O)[nH]c1=O. The molecule has 2 aliphatic heterocycles. The van der Waals surface area contributed by atoms with E-state index in [1.807, 2.05) is 6.07 Å². The van der Waals surface area contributed by atoms with Crippen LogP contribution in [0, 0.1) is 5.41 Å². The predicted octanol–water partition coefficient (Wildman–Crippen LogP) is 2.01. The van der Waals surface area contributed by atoms with E-state index < -0.39 is 11.2 Å². The Morgan fingerprint density at radius 3 is 2.53 bits per heavy atom. The second-order valence-corrected chi connectivity index (χ2v) is 10.1. The summed E-state index contributed by atoms with van der Waals surface area (Å²) in [6.45, 7) is 2.33. The fourth-order valence-electron chi connectivity index (χ4n) is 6.85. The molecule has 2 bridgehead atoms. The van der Waals surface area contributed by atoms with Crippen LogP contribution >= 0.6 is 0 Å². The number of aromatic amines is 1. The maximum absolute atomic E-state index is 13.7. The largest absolute Gasteiger partial charge is 0.333 e. The summed E-state index contributed by atoms with van der Waals surface area (Å²) in [5, 5.41) is 0. The van der Waals surface area contributed by atoms with Gasteiger partial charge in [-0.15, -0.1) is 0 Å². The Kier molecular flexibility index (Phi) is 5.32. The monoisotopic (exact) mass is 436 g/mol. The van der Waals surface area contributed by atoms with Crippen LogP contribution in [0.5, 0.6) is 0 Å². The van der Waals surface area contributed by atoms with E-state index >= 15 is 0 Å². The van der Waals surface area contributed by atoms with Gasteiger partial charge in [0, 0.05) is 41.8 Å². The molecule has 0 radical (unpaired) electrons. The van der Waals surface area contributed by atoms with E-state index in [0.29, 0.717) is 6.04 Å². The summed E-state index contributed by atoms with van der Waals surface area (Å²) in [6.07, 6.45) is 7.84. The average Bonchev–Trinajstić information content (AvgIpc) is 2.92. The summed E-state index contributed by atoms with van der Waals surface area (Å²) in [5.74, 6) is -0.0214. The van der Waals surface area contributed by atoms with E-state index in [0.717, 1.165) is 25.7 Å². The molecule has 1 saturated carbocycles. The molecule has 3 heterocycles. The zero-order valence-corrected chi connectivity index (χ0v) is 18.9. The molecular formula is C25H32N4O3. The van der Waals surface area contributed by atoms with Crippen molar-refractivity contribution in [3.8, 4) is 0 Å². The Morgan fingerprint density at radius 2 is 1.81 bits per heavy atom. The molecule has 1 aliphatic carbocycles. The third kappa shape index (κ3) is 3.43.